The van der Waals surface area contributed by atoms with Crippen LogP contribution in [-0.2, 0) is 4.74 Å². The van der Waals surface area contributed by atoms with Crippen LogP contribution >= 0.6 is 23.4 Å². The molecular weight excluding hydrogens is 258 g/mol. The molecular formula is C12H16ClNO2S. The van der Waals surface area contributed by atoms with Crippen LogP contribution in [0.15, 0.2) is 17.0 Å². The lowest BCUT2D eigenvalue weighted by atomic mass is 10.2. The molecule has 0 bridgehead atoms. The summed E-state index contributed by atoms with van der Waals surface area (Å²) >= 11 is 7.64. The van der Waals surface area contributed by atoms with Crippen molar-refractivity contribution >= 4 is 35.0 Å². The van der Waals surface area contributed by atoms with Crippen LogP contribution in [0, 0.1) is 0 Å². The highest BCUT2D eigenvalue weighted by Crippen LogP contribution is 2.35. The molecule has 0 heterocycles. The molecule has 0 aliphatic heterocycles. The molecule has 0 saturated carbocycles. The molecule has 1 aromatic rings. The minimum Gasteiger partial charge on any atom is -0.462 e. The second-order valence-corrected chi connectivity index (χ2v) is 5.76. The lowest BCUT2D eigenvalue weighted by Crippen LogP contribution is -2.08. The molecule has 2 N–H and O–H groups in total. The molecule has 0 amide bonds. The van der Waals surface area contributed by atoms with Gasteiger partial charge in [-0.3, -0.25) is 0 Å². The van der Waals surface area contributed by atoms with Gasteiger partial charge in [-0.05, 0) is 19.1 Å². The first-order chi connectivity index (χ1) is 7.95. The summed E-state index contributed by atoms with van der Waals surface area (Å²) in [5, 5.41) is 0.816. The van der Waals surface area contributed by atoms with Crippen molar-refractivity contribution in [3.63, 3.8) is 0 Å². The summed E-state index contributed by atoms with van der Waals surface area (Å²) in [6.45, 7) is 6.16. The number of anilines is 1. The van der Waals surface area contributed by atoms with Crippen molar-refractivity contribution in [3.05, 3.63) is 22.7 Å². The smallest absolute Gasteiger partial charge is 0.339 e. The van der Waals surface area contributed by atoms with Crippen LogP contribution in [-0.4, -0.2) is 17.8 Å². The van der Waals surface area contributed by atoms with E-state index in [9.17, 15) is 4.79 Å². The normalized spacial score (nSPS) is 10.6. The summed E-state index contributed by atoms with van der Waals surface area (Å²) in [5.41, 5.74) is 6.60. The fourth-order valence-corrected chi connectivity index (χ4v) is 2.60. The molecule has 94 valence electrons. The standard InChI is InChI=1S/C12H16ClNO2S/c1-4-16-12(15)9-5-8(14)6-10(13)11(9)17-7(2)3/h5-7H,4,14H2,1-3H3. The van der Waals surface area contributed by atoms with Crippen LogP contribution in [0.2, 0.25) is 5.02 Å². The van der Waals surface area contributed by atoms with E-state index >= 15 is 0 Å². The first kappa shape index (κ1) is 14.2. The molecule has 0 atom stereocenters. The molecule has 5 heteroatoms. The summed E-state index contributed by atoms with van der Waals surface area (Å²) in [7, 11) is 0. The van der Waals surface area contributed by atoms with Crippen LogP contribution in [0.25, 0.3) is 0 Å². The number of nitrogens with two attached hydrogens (primary N) is 1. The van der Waals surface area contributed by atoms with Crippen LogP contribution in [0.3, 0.4) is 0 Å². The van der Waals surface area contributed by atoms with Crippen LogP contribution in [0.1, 0.15) is 31.1 Å². The Morgan fingerprint density at radius 2 is 2.18 bits per heavy atom. The number of carbonyl (C=O) groups is 1. The number of halogens is 1. The lowest BCUT2D eigenvalue weighted by molar-refractivity contribution is 0.0522. The second-order valence-electron chi connectivity index (χ2n) is 3.77. The van der Waals surface area contributed by atoms with Crippen molar-refractivity contribution in [2.75, 3.05) is 12.3 Å². The van der Waals surface area contributed by atoms with Gasteiger partial charge in [0.15, 0.2) is 0 Å². The van der Waals surface area contributed by atoms with E-state index in [0.29, 0.717) is 28.1 Å². The van der Waals surface area contributed by atoms with Gasteiger partial charge in [-0.15, -0.1) is 11.8 Å². The van der Waals surface area contributed by atoms with Crippen molar-refractivity contribution < 1.29 is 9.53 Å². The third-order valence-corrected chi connectivity index (χ3v) is 3.47. The average molecular weight is 274 g/mol. The van der Waals surface area contributed by atoms with Gasteiger partial charge in [0, 0.05) is 15.8 Å². The highest BCUT2D eigenvalue weighted by atomic mass is 35.5. The highest BCUT2D eigenvalue weighted by Gasteiger charge is 2.18. The number of ether oxygens (including phenoxy) is 1. The average Bonchev–Trinajstić information content (AvgIpc) is 2.21. The molecule has 0 unspecified atom stereocenters. The van der Waals surface area contributed by atoms with Crippen molar-refractivity contribution in [1.82, 2.24) is 0 Å². The van der Waals surface area contributed by atoms with Gasteiger partial charge in [-0.1, -0.05) is 25.4 Å². The maximum atomic E-state index is 11.8. The number of benzene rings is 1. The molecule has 0 saturated heterocycles. The van der Waals surface area contributed by atoms with E-state index in [1.165, 1.54) is 11.8 Å². The Labute approximate surface area is 111 Å². The number of hydrogen-bond acceptors (Lipinski definition) is 4. The Kier molecular flexibility index (Phi) is 5.15. The van der Waals surface area contributed by atoms with E-state index in [-0.39, 0.29) is 5.97 Å². The van der Waals surface area contributed by atoms with Gasteiger partial charge in [0.2, 0.25) is 0 Å². The van der Waals surface area contributed by atoms with Gasteiger partial charge >= 0.3 is 5.97 Å². The summed E-state index contributed by atoms with van der Waals surface area (Å²) < 4.78 is 4.99. The Balaban J connectivity index is 3.19. The molecule has 0 spiro atoms. The molecule has 1 aromatic carbocycles. The third-order valence-electron chi connectivity index (χ3n) is 1.91. The number of thioether (sulfide) groups is 1. The molecule has 3 nitrogen and oxygen atoms in total. The maximum Gasteiger partial charge on any atom is 0.339 e. The fourth-order valence-electron chi connectivity index (χ4n) is 1.33. The monoisotopic (exact) mass is 273 g/mol. The molecule has 0 aliphatic rings. The molecule has 0 aliphatic carbocycles. The topological polar surface area (TPSA) is 52.3 Å². The van der Waals surface area contributed by atoms with Gasteiger partial charge in [0.25, 0.3) is 0 Å². The minimum absolute atomic E-state index is 0.323. The van der Waals surface area contributed by atoms with Crippen molar-refractivity contribution in [3.8, 4) is 0 Å². The minimum atomic E-state index is -0.384. The number of carbonyl (C=O) groups excluding carboxylic acids is 1. The number of nitrogen functional groups attached to an aromatic ring is 1. The third kappa shape index (κ3) is 3.82. The summed E-state index contributed by atoms with van der Waals surface area (Å²) in [6.07, 6.45) is 0. The van der Waals surface area contributed by atoms with Crippen LogP contribution in [0.5, 0.6) is 0 Å². The lowest BCUT2D eigenvalue weighted by Gasteiger charge is -2.13. The van der Waals surface area contributed by atoms with Gasteiger partial charge < -0.3 is 10.5 Å². The van der Waals surface area contributed by atoms with Gasteiger partial charge in [0.05, 0.1) is 17.2 Å². The molecule has 0 aromatic heterocycles. The molecule has 1 rings (SSSR count). The Morgan fingerprint density at radius 1 is 1.53 bits per heavy atom. The van der Waals surface area contributed by atoms with E-state index in [4.69, 9.17) is 22.1 Å². The van der Waals surface area contributed by atoms with Gasteiger partial charge in [0.1, 0.15) is 0 Å². The SMILES string of the molecule is CCOC(=O)c1cc(N)cc(Cl)c1SC(C)C. The van der Waals surface area contributed by atoms with E-state index in [1.807, 2.05) is 13.8 Å². The second kappa shape index (κ2) is 6.17. The van der Waals surface area contributed by atoms with E-state index in [0.717, 1.165) is 4.90 Å². The zero-order chi connectivity index (χ0) is 13.0. The van der Waals surface area contributed by atoms with Gasteiger partial charge in [-0.25, -0.2) is 4.79 Å². The Hall–Kier alpha value is -0.870. The highest BCUT2D eigenvalue weighted by molar-refractivity contribution is 8.00. The first-order valence-electron chi connectivity index (χ1n) is 5.38. The predicted octanol–water partition coefficient (Wildman–Crippen LogP) is 3.60. The van der Waals surface area contributed by atoms with Crippen molar-refractivity contribution in [2.45, 2.75) is 30.9 Å². The van der Waals surface area contributed by atoms with Crippen LogP contribution < -0.4 is 5.73 Å². The van der Waals surface area contributed by atoms with Crippen molar-refractivity contribution in [2.24, 2.45) is 0 Å². The predicted molar refractivity (Wildman–Crippen MR) is 72.8 cm³/mol. The molecule has 17 heavy (non-hydrogen) atoms. The Morgan fingerprint density at radius 3 is 2.71 bits per heavy atom. The number of rotatable bonds is 4. The fraction of sp³-hybridized carbons (Fsp3) is 0.417. The van der Waals surface area contributed by atoms with E-state index in [1.54, 1.807) is 19.1 Å². The summed E-state index contributed by atoms with van der Waals surface area (Å²) in [4.78, 5) is 12.5. The Bertz CT molecular complexity index is 421. The quantitative estimate of drug-likeness (QED) is 0.517. The molecule has 0 radical (unpaired) electrons. The van der Waals surface area contributed by atoms with Crippen LogP contribution in [0.4, 0.5) is 5.69 Å². The zero-order valence-electron chi connectivity index (χ0n) is 10.1. The number of esters is 1. The number of hydrogen-bond donors (Lipinski definition) is 1. The summed E-state index contributed by atoms with van der Waals surface area (Å²) in [5.74, 6) is -0.384. The van der Waals surface area contributed by atoms with Crippen molar-refractivity contribution in [1.29, 1.82) is 0 Å². The molecule has 0 fully saturated rings. The zero-order valence-corrected chi connectivity index (χ0v) is 11.7. The summed E-state index contributed by atoms with van der Waals surface area (Å²) in [6, 6.07) is 3.25. The van der Waals surface area contributed by atoms with E-state index in [2.05, 4.69) is 0 Å². The van der Waals surface area contributed by atoms with Gasteiger partial charge in [-0.2, -0.15) is 0 Å². The maximum absolute atomic E-state index is 11.8. The van der Waals surface area contributed by atoms with E-state index < -0.39 is 0 Å². The largest absolute Gasteiger partial charge is 0.462 e. The first-order valence-corrected chi connectivity index (χ1v) is 6.64.